The third-order valence-electron chi connectivity index (χ3n) is 2.57. The van der Waals surface area contributed by atoms with Crippen LogP contribution in [0.2, 0.25) is 0 Å². The van der Waals surface area contributed by atoms with Crippen molar-refractivity contribution in [2.75, 3.05) is 6.61 Å². The summed E-state index contributed by atoms with van der Waals surface area (Å²) < 4.78 is 4.90. The van der Waals surface area contributed by atoms with E-state index in [1.807, 2.05) is 18.3 Å². The molecule has 1 aromatic heterocycles. The second-order valence-electron chi connectivity index (χ2n) is 3.80. The summed E-state index contributed by atoms with van der Waals surface area (Å²) in [6.07, 6.45) is 3.82. The molecule has 0 saturated heterocycles. The van der Waals surface area contributed by atoms with Crippen LogP contribution in [-0.4, -0.2) is 17.6 Å². The van der Waals surface area contributed by atoms with Gasteiger partial charge in [0.05, 0.1) is 6.61 Å². The molecule has 1 N–H and O–H groups in total. The van der Waals surface area contributed by atoms with Crippen LogP contribution in [0.15, 0.2) is 30.5 Å². The Morgan fingerprint density at radius 3 is 3.00 bits per heavy atom. The fourth-order valence-electron chi connectivity index (χ4n) is 1.82. The Bertz CT molecular complexity index is 487. The van der Waals surface area contributed by atoms with Gasteiger partial charge in [-0.05, 0) is 24.5 Å². The largest absolute Gasteiger partial charge is 0.466 e. The quantitative estimate of drug-likeness (QED) is 0.632. The zero-order valence-corrected chi connectivity index (χ0v) is 9.32. The summed E-state index contributed by atoms with van der Waals surface area (Å²) >= 11 is 0. The molecule has 0 radical (unpaired) electrons. The first kappa shape index (κ1) is 10.7. The summed E-state index contributed by atoms with van der Waals surface area (Å²) in [5.41, 5.74) is 2.44. The number of hydrogen-bond donors (Lipinski definition) is 1. The number of H-pyrrole nitrogens is 1. The zero-order valence-electron chi connectivity index (χ0n) is 9.32. The fraction of sp³-hybridized carbons (Fsp3) is 0.308. The number of aromatic amines is 1. The summed E-state index contributed by atoms with van der Waals surface area (Å²) in [5, 5.41) is 1.25. The second kappa shape index (κ2) is 4.84. The number of rotatable bonds is 4. The number of esters is 1. The van der Waals surface area contributed by atoms with Crippen LogP contribution in [0.25, 0.3) is 10.9 Å². The number of benzene rings is 1. The predicted octanol–water partition coefficient (Wildman–Crippen LogP) is 2.66. The van der Waals surface area contributed by atoms with Gasteiger partial charge in [0.25, 0.3) is 0 Å². The molecule has 84 valence electrons. The van der Waals surface area contributed by atoms with Crippen LogP contribution in [-0.2, 0) is 16.0 Å². The molecule has 0 aliphatic carbocycles. The van der Waals surface area contributed by atoms with Crippen molar-refractivity contribution in [3.63, 3.8) is 0 Å². The van der Waals surface area contributed by atoms with Crippen LogP contribution < -0.4 is 0 Å². The summed E-state index contributed by atoms with van der Waals surface area (Å²) in [6.45, 7) is 1.93. The lowest BCUT2D eigenvalue weighted by Gasteiger charge is -2.01. The Morgan fingerprint density at radius 2 is 2.19 bits per heavy atom. The van der Waals surface area contributed by atoms with E-state index in [1.54, 1.807) is 0 Å². The molecule has 0 aliphatic heterocycles. The number of aryl methyl sites for hydroxylation is 1. The van der Waals surface area contributed by atoms with Gasteiger partial charge in [-0.25, -0.2) is 0 Å². The van der Waals surface area contributed by atoms with Crippen LogP contribution in [0, 0.1) is 0 Å². The minimum atomic E-state index is -0.209. The highest BCUT2D eigenvalue weighted by atomic mass is 16.5. The first-order chi connectivity index (χ1) is 7.77. The normalized spacial score (nSPS) is 10.6. The van der Waals surface area contributed by atoms with Crippen molar-refractivity contribution in [3.05, 3.63) is 36.0 Å². The Morgan fingerprint density at radius 1 is 1.38 bits per heavy atom. The smallest absolute Gasteiger partial charge is 0.302 e. The number of carbonyl (C=O) groups is 1. The maximum absolute atomic E-state index is 10.6. The van der Waals surface area contributed by atoms with E-state index in [1.165, 1.54) is 17.9 Å². The molecule has 2 aromatic rings. The molecule has 3 nitrogen and oxygen atoms in total. The van der Waals surface area contributed by atoms with Crippen LogP contribution in [0.3, 0.4) is 0 Å². The highest BCUT2D eigenvalue weighted by Gasteiger charge is 2.02. The number of aromatic nitrogens is 1. The minimum Gasteiger partial charge on any atom is -0.466 e. The molecule has 1 heterocycles. The van der Waals surface area contributed by atoms with Gasteiger partial charge in [0, 0.05) is 24.0 Å². The highest BCUT2D eigenvalue weighted by molar-refractivity contribution is 5.82. The standard InChI is InChI=1S/C13H15NO2/c1-10(15)16-8-4-5-11-9-14-13-7-3-2-6-12(11)13/h2-3,6-7,9,14H,4-5,8H2,1H3. The van der Waals surface area contributed by atoms with Gasteiger partial charge in [0.2, 0.25) is 0 Å². The number of para-hydroxylation sites is 1. The average Bonchev–Trinajstić information content (AvgIpc) is 2.68. The van der Waals surface area contributed by atoms with E-state index in [4.69, 9.17) is 4.74 Å². The van der Waals surface area contributed by atoms with Crippen molar-refractivity contribution in [1.29, 1.82) is 0 Å². The molecule has 0 atom stereocenters. The maximum Gasteiger partial charge on any atom is 0.302 e. The molecule has 1 aromatic carbocycles. The minimum absolute atomic E-state index is 0.209. The second-order valence-corrected chi connectivity index (χ2v) is 3.80. The van der Waals surface area contributed by atoms with E-state index in [0.29, 0.717) is 6.61 Å². The van der Waals surface area contributed by atoms with Gasteiger partial charge in [0.15, 0.2) is 0 Å². The maximum atomic E-state index is 10.6. The Labute approximate surface area is 94.4 Å². The number of carbonyl (C=O) groups excluding carboxylic acids is 1. The summed E-state index contributed by atoms with van der Waals surface area (Å²) in [7, 11) is 0. The third kappa shape index (κ3) is 2.42. The first-order valence-electron chi connectivity index (χ1n) is 5.46. The molecule has 2 rings (SSSR count). The molecule has 0 bridgehead atoms. The molecular weight excluding hydrogens is 202 g/mol. The summed E-state index contributed by atoms with van der Waals surface area (Å²) in [6, 6.07) is 8.21. The van der Waals surface area contributed by atoms with Crippen LogP contribution in [0.1, 0.15) is 18.9 Å². The van der Waals surface area contributed by atoms with E-state index in [9.17, 15) is 4.79 Å². The molecule has 0 saturated carbocycles. The average molecular weight is 217 g/mol. The number of fused-ring (bicyclic) bond motifs is 1. The molecule has 0 spiro atoms. The van der Waals surface area contributed by atoms with Crippen molar-refractivity contribution in [1.82, 2.24) is 4.98 Å². The van der Waals surface area contributed by atoms with Crippen molar-refractivity contribution in [2.45, 2.75) is 19.8 Å². The topological polar surface area (TPSA) is 42.1 Å². The third-order valence-corrected chi connectivity index (χ3v) is 2.57. The monoisotopic (exact) mass is 217 g/mol. The summed E-state index contributed by atoms with van der Waals surface area (Å²) in [5.74, 6) is -0.209. The number of ether oxygens (including phenoxy) is 1. The Hall–Kier alpha value is -1.77. The predicted molar refractivity (Wildman–Crippen MR) is 63.3 cm³/mol. The van der Waals surface area contributed by atoms with Gasteiger partial charge in [-0.3, -0.25) is 4.79 Å². The lowest BCUT2D eigenvalue weighted by molar-refractivity contribution is -0.141. The molecule has 0 fully saturated rings. The molecule has 0 aliphatic rings. The summed E-state index contributed by atoms with van der Waals surface area (Å²) in [4.78, 5) is 13.8. The Kier molecular flexibility index (Phi) is 3.25. The van der Waals surface area contributed by atoms with E-state index in [-0.39, 0.29) is 5.97 Å². The highest BCUT2D eigenvalue weighted by Crippen LogP contribution is 2.18. The lowest BCUT2D eigenvalue weighted by Crippen LogP contribution is -2.01. The Balaban J connectivity index is 1.97. The van der Waals surface area contributed by atoms with E-state index in [2.05, 4.69) is 17.1 Å². The first-order valence-corrected chi connectivity index (χ1v) is 5.46. The fourth-order valence-corrected chi connectivity index (χ4v) is 1.82. The van der Waals surface area contributed by atoms with Crippen LogP contribution in [0.5, 0.6) is 0 Å². The van der Waals surface area contributed by atoms with Gasteiger partial charge >= 0.3 is 5.97 Å². The van der Waals surface area contributed by atoms with Gasteiger partial charge < -0.3 is 9.72 Å². The number of hydrogen-bond acceptors (Lipinski definition) is 2. The van der Waals surface area contributed by atoms with E-state index < -0.39 is 0 Å². The van der Waals surface area contributed by atoms with E-state index >= 15 is 0 Å². The van der Waals surface area contributed by atoms with Gasteiger partial charge in [-0.1, -0.05) is 18.2 Å². The van der Waals surface area contributed by atoms with Gasteiger partial charge in [-0.2, -0.15) is 0 Å². The van der Waals surface area contributed by atoms with Gasteiger partial charge in [0.1, 0.15) is 0 Å². The SMILES string of the molecule is CC(=O)OCCCc1c[nH]c2ccccc12. The molecule has 16 heavy (non-hydrogen) atoms. The van der Waals surface area contributed by atoms with E-state index in [0.717, 1.165) is 18.4 Å². The molecule has 0 unspecified atom stereocenters. The van der Waals surface area contributed by atoms with Crippen molar-refractivity contribution < 1.29 is 9.53 Å². The van der Waals surface area contributed by atoms with Crippen molar-refractivity contribution in [2.24, 2.45) is 0 Å². The molecular formula is C13H15NO2. The van der Waals surface area contributed by atoms with Crippen molar-refractivity contribution in [3.8, 4) is 0 Å². The molecule has 0 amide bonds. The molecule has 3 heteroatoms. The van der Waals surface area contributed by atoms with Gasteiger partial charge in [-0.15, -0.1) is 0 Å². The zero-order chi connectivity index (χ0) is 11.4. The van der Waals surface area contributed by atoms with Crippen molar-refractivity contribution >= 4 is 16.9 Å². The van der Waals surface area contributed by atoms with Crippen LogP contribution in [0.4, 0.5) is 0 Å². The number of nitrogens with one attached hydrogen (secondary N) is 1. The van der Waals surface area contributed by atoms with Crippen LogP contribution >= 0.6 is 0 Å². The lowest BCUT2D eigenvalue weighted by atomic mass is 10.1.